The van der Waals surface area contributed by atoms with Gasteiger partial charge in [0.25, 0.3) is 0 Å². The minimum Gasteiger partial charge on any atom is -0.507 e. The van der Waals surface area contributed by atoms with Crippen LogP contribution in [0.15, 0.2) is 18.2 Å². The van der Waals surface area contributed by atoms with Crippen molar-refractivity contribution in [2.75, 3.05) is 0 Å². The summed E-state index contributed by atoms with van der Waals surface area (Å²) in [6.45, 7) is 3.84. The number of ketones is 2. The van der Waals surface area contributed by atoms with Gasteiger partial charge in [-0.25, -0.2) is 0 Å². The molecule has 0 amide bonds. The molecule has 1 rings (SSSR count). The van der Waals surface area contributed by atoms with Gasteiger partial charge < -0.3 is 5.11 Å². The first kappa shape index (κ1) is 13.4. The lowest BCUT2D eigenvalue weighted by Gasteiger charge is -2.05. The van der Waals surface area contributed by atoms with Crippen molar-refractivity contribution in [2.45, 2.75) is 39.5 Å². The van der Waals surface area contributed by atoms with E-state index in [1.165, 1.54) is 12.1 Å². The lowest BCUT2D eigenvalue weighted by molar-refractivity contribution is 0.0979. The number of carbonyl (C=O) groups is 2. The fraction of sp³-hybridized carbons (Fsp3) is 0.429. The Kier molecular flexibility index (Phi) is 4.88. The molecule has 92 valence electrons. The molecule has 0 aliphatic carbocycles. The van der Waals surface area contributed by atoms with Crippen LogP contribution >= 0.6 is 0 Å². The quantitative estimate of drug-likeness (QED) is 0.768. The molecule has 17 heavy (non-hydrogen) atoms. The number of rotatable bonds is 6. The van der Waals surface area contributed by atoms with Gasteiger partial charge in [-0.3, -0.25) is 9.59 Å². The third-order valence-electron chi connectivity index (χ3n) is 2.57. The van der Waals surface area contributed by atoms with E-state index in [4.69, 9.17) is 0 Å². The number of benzene rings is 1. The second-order valence-electron chi connectivity index (χ2n) is 4.08. The molecule has 0 aromatic heterocycles. The molecule has 0 radical (unpaired) electrons. The van der Waals surface area contributed by atoms with Crippen molar-refractivity contribution in [3.05, 3.63) is 29.3 Å². The van der Waals surface area contributed by atoms with Crippen LogP contribution in [-0.2, 0) is 0 Å². The summed E-state index contributed by atoms with van der Waals surface area (Å²) in [6, 6.07) is 4.49. The van der Waals surface area contributed by atoms with Gasteiger partial charge in [0.1, 0.15) is 5.75 Å². The highest BCUT2D eigenvalue weighted by Crippen LogP contribution is 2.21. The number of phenolic OH excluding ortho intramolecular Hbond substituents is 1. The number of aromatic hydroxyl groups is 1. The number of phenols is 1. The van der Waals surface area contributed by atoms with Crippen LogP contribution in [0.25, 0.3) is 0 Å². The van der Waals surface area contributed by atoms with Crippen molar-refractivity contribution < 1.29 is 14.7 Å². The topological polar surface area (TPSA) is 54.4 Å². The van der Waals surface area contributed by atoms with E-state index in [1.54, 1.807) is 6.07 Å². The molecular weight excluding hydrogens is 216 g/mol. The first-order chi connectivity index (χ1) is 8.10. The Morgan fingerprint density at radius 3 is 2.24 bits per heavy atom. The molecule has 1 aromatic rings. The fourth-order valence-electron chi connectivity index (χ4n) is 1.67. The number of carbonyl (C=O) groups excluding carboxylic acids is 2. The maximum atomic E-state index is 11.7. The van der Waals surface area contributed by atoms with Gasteiger partial charge in [0.15, 0.2) is 11.6 Å². The summed E-state index contributed by atoms with van der Waals surface area (Å²) in [6.07, 6.45) is 2.36. The highest BCUT2D eigenvalue weighted by Gasteiger charge is 2.13. The molecule has 0 bridgehead atoms. The van der Waals surface area contributed by atoms with Crippen LogP contribution < -0.4 is 0 Å². The van der Waals surface area contributed by atoms with Crippen LogP contribution in [0, 0.1) is 0 Å². The molecular formula is C14H18O3. The van der Waals surface area contributed by atoms with Gasteiger partial charge >= 0.3 is 0 Å². The van der Waals surface area contributed by atoms with E-state index in [-0.39, 0.29) is 22.9 Å². The third-order valence-corrected chi connectivity index (χ3v) is 2.57. The summed E-state index contributed by atoms with van der Waals surface area (Å²) in [5.41, 5.74) is 0.762. The van der Waals surface area contributed by atoms with Crippen molar-refractivity contribution in [1.82, 2.24) is 0 Å². The number of Topliss-reactive ketones (excluding diaryl/α,β-unsaturated/α-hetero) is 2. The predicted molar refractivity (Wildman–Crippen MR) is 66.6 cm³/mol. The molecule has 0 saturated carbocycles. The molecule has 3 heteroatoms. The molecule has 1 aromatic carbocycles. The summed E-state index contributed by atoms with van der Waals surface area (Å²) in [4.78, 5) is 23.4. The van der Waals surface area contributed by atoms with Gasteiger partial charge in [-0.15, -0.1) is 0 Å². The second kappa shape index (κ2) is 6.18. The Bertz CT molecular complexity index is 421. The fourth-order valence-corrected chi connectivity index (χ4v) is 1.67. The van der Waals surface area contributed by atoms with E-state index >= 15 is 0 Å². The van der Waals surface area contributed by atoms with Crippen LogP contribution in [-0.4, -0.2) is 16.7 Å². The standard InChI is InChI=1S/C14H18O3/c1-3-5-12(15)10-7-8-14(17)11(9-10)13(16)6-4-2/h7-9,17H,3-6H2,1-2H3. The summed E-state index contributed by atoms with van der Waals surface area (Å²) in [5.74, 6) is -0.148. The predicted octanol–water partition coefficient (Wildman–Crippen LogP) is 3.36. The van der Waals surface area contributed by atoms with Crippen molar-refractivity contribution in [3.8, 4) is 5.75 Å². The second-order valence-corrected chi connectivity index (χ2v) is 4.08. The van der Waals surface area contributed by atoms with Gasteiger partial charge in [-0.05, 0) is 31.0 Å². The van der Waals surface area contributed by atoms with Crippen LogP contribution in [0.4, 0.5) is 0 Å². The lowest BCUT2D eigenvalue weighted by Crippen LogP contribution is -2.03. The van der Waals surface area contributed by atoms with Crippen LogP contribution in [0.5, 0.6) is 5.75 Å². The van der Waals surface area contributed by atoms with E-state index in [0.717, 1.165) is 12.8 Å². The van der Waals surface area contributed by atoms with Crippen LogP contribution in [0.3, 0.4) is 0 Å². The number of hydrogen-bond acceptors (Lipinski definition) is 3. The normalized spacial score (nSPS) is 10.2. The van der Waals surface area contributed by atoms with Gasteiger partial charge in [0.05, 0.1) is 5.56 Å². The van der Waals surface area contributed by atoms with Crippen LogP contribution in [0.2, 0.25) is 0 Å². The largest absolute Gasteiger partial charge is 0.507 e. The molecule has 0 aliphatic heterocycles. The van der Waals surface area contributed by atoms with E-state index in [9.17, 15) is 14.7 Å². The highest BCUT2D eigenvalue weighted by molar-refractivity contribution is 6.03. The Morgan fingerprint density at radius 2 is 1.65 bits per heavy atom. The van der Waals surface area contributed by atoms with Gasteiger partial charge in [-0.1, -0.05) is 13.8 Å². The van der Waals surface area contributed by atoms with Crippen molar-refractivity contribution in [2.24, 2.45) is 0 Å². The summed E-state index contributed by atoms with van der Waals surface area (Å²) >= 11 is 0. The molecule has 0 fully saturated rings. The molecule has 0 spiro atoms. The van der Waals surface area contributed by atoms with Crippen molar-refractivity contribution in [1.29, 1.82) is 0 Å². The maximum absolute atomic E-state index is 11.7. The monoisotopic (exact) mass is 234 g/mol. The molecule has 0 unspecified atom stereocenters. The number of hydrogen-bond donors (Lipinski definition) is 1. The molecule has 0 aliphatic rings. The zero-order chi connectivity index (χ0) is 12.8. The SMILES string of the molecule is CCCC(=O)c1ccc(O)c(C(=O)CCC)c1. The average molecular weight is 234 g/mol. The zero-order valence-corrected chi connectivity index (χ0v) is 10.3. The molecule has 0 atom stereocenters. The van der Waals surface area contributed by atoms with E-state index in [2.05, 4.69) is 0 Å². The Hall–Kier alpha value is -1.64. The minimum absolute atomic E-state index is 0.0121. The zero-order valence-electron chi connectivity index (χ0n) is 10.3. The highest BCUT2D eigenvalue weighted by atomic mass is 16.3. The van der Waals surface area contributed by atoms with Gasteiger partial charge in [-0.2, -0.15) is 0 Å². The summed E-state index contributed by atoms with van der Waals surface area (Å²) in [5, 5.41) is 9.61. The summed E-state index contributed by atoms with van der Waals surface area (Å²) in [7, 11) is 0. The molecule has 0 heterocycles. The van der Waals surface area contributed by atoms with E-state index in [1.807, 2.05) is 13.8 Å². The smallest absolute Gasteiger partial charge is 0.166 e. The van der Waals surface area contributed by atoms with Crippen molar-refractivity contribution in [3.63, 3.8) is 0 Å². The Balaban J connectivity index is 3.02. The molecule has 3 nitrogen and oxygen atoms in total. The first-order valence-electron chi connectivity index (χ1n) is 5.99. The van der Waals surface area contributed by atoms with E-state index < -0.39 is 0 Å². The lowest BCUT2D eigenvalue weighted by atomic mass is 9.99. The first-order valence-corrected chi connectivity index (χ1v) is 5.99. The average Bonchev–Trinajstić information content (AvgIpc) is 2.30. The summed E-state index contributed by atoms with van der Waals surface area (Å²) < 4.78 is 0. The van der Waals surface area contributed by atoms with Crippen molar-refractivity contribution >= 4 is 11.6 Å². The Morgan fingerprint density at radius 1 is 1.06 bits per heavy atom. The minimum atomic E-state index is -0.115. The molecule has 1 N–H and O–H groups in total. The molecule has 0 saturated heterocycles. The van der Waals surface area contributed by atoms with Gasteiger partial charge in [0, 0.05) is 18.4 Å². The third kappa shape index (κ3) is 3.41. The van der Waals surface area contributed by atoms with E-state index in [0.29, 0.717) is 18.4 Å². The Labute approximate surface area is 101 Å². The van der Waals surface area contributed by atoms with Crippen LogP contribution in [0.1, 0.15) is 60.2 Å². The maximum Gasteiger partial charge on any atom is 0.166 e. The van der Waals surface area contributed by atoms with Gasteiger partial charge in [0.2, 0.25) is 0 Å².